The molecule has 1 N–H and O–H groups in total. The van der Waals surface area contributed by atoms with Crippen molar-refractivity contribution in [3.8, 4) is 5.75 Å². The number of amides is 1. The number of carbonyl (C=O) groups excluding carboxylic acids is 1. The summed E-state index contributed by atoms with van der Waals surface area (Å²) in [5.41, 5.74) is 7.02. The number of rotatable bonds is 4. The smallest absolute Gasteiger partial charge is 0.271 e. The molecule has 0 aromatic heterocycles. The molecule has 6 heteroatoms. The van der Waals surface area contributed by atoms with Crippen molar-refractivity contribution in [1.29, 1.82) is 0 Å². The highest BCUT2D eigenvalue weighted by atomic mass is 35.5. The summed E-state index contributed by atoms with van der Waals surface area (Å²) in [6.45, 7) is 6.42. The van der Waals surface area contributed by atoms with Crippen molar-refractivity contribution in [3.63, 3.8) is 0 Å². The Bertz CT molecular complexity index is 980. The van der Waals surface area contributed by atoms with E-state index in [9.17, 15) is 4.79 Å². The summed E-state index contributed by atoms with van der Waals surface area (Å²) >= 11 is 6.47. The molecule has 1 aliphatic rings. The van der Waals surface area contributed by atoms with Gasteiger partial charge in [0.25, 0.3) is 5.91 Å². The van der Waals surface area contributed by atoms with E-state index in [1.54, 1.807) is 37.6 Å². The molecule has 2 aromatic carbocycles. The summed E-state index contributed by atoms with van der Waals surface area (Å²) in [6.07, 6.45) is 3.79. The molecular formula is C22H24ClN3O2. The minimum Gasteiger partial charge on any atom is -0.497 e. The first-order valence-corrected chi connectivity index (χ1v) is 9.35. The van der Waals surface area contributed by atoms with Crippen LogP contribution in [0.2, 0.25) is 5.02 Å². The molecule has 1 aliphatic heterocycles. The lowest BCUT2D eigenvalue weighted by Crippen LogP contribution is -2.42. The molecule has 146 valence electrons. The van der Waals surface area contributed by atoms with Crippen LogP contribution in [0.3, 0.4) is 0 Å². The number of hydrogen-bond acceptors (Lipinski definition) is 4. The number of carbonyl (C=O) groups is 1. The highest BCUT2D eigenvalue weighted by Gasteiger charge is 2.29. The van der Waals surface area contributed by atoms with E-state index >= 15 is 0 Å². The van der Waals surface area contributed by atoms with Crippen molar-refractivity contribution >= 4 is 35.0 Å². The number of hydrazone groups is 1. The molecule has 0 atom stereocenters. The van der Waals surface area contributed by atoms with Crippen molar-refractivity contribution in [1.82, 2.24) is 5.43 Å². The van der Waals surface area contributed by atoms with Gasteiger partial charge in [-0.1, -0.05) is 23.7 Å². The average molecular weight is 398 g/mol. The number of anilines is 1. The van der Waals surface area contributed by atoms with Crippen molar-refractivity contribution in [2.24, 2.45) is 5.10 Å². The van der Waals surface area contributed by atoms with Crippen LogP contribution in [0.4, 0.5) is 5.69 Å². The van der Waals surface area contributed by atoms with Gasteiger partial charge in [0.2, 0.25) is 0 Å². The molecule has 2 aromatic rings. The molecule has 0 saturated carbocycles. The summed E-state index contributed by atoms with van der Waals surface area (Å²) in [4.78, 5) is 14.5. The molecule has 28 heavy (non-hydrogen) atoms. The largest absolute Gasteiger partial charge is 0.497 e. The molecule has 0 bridgehead atoms. The maximum atomic E-state index is 12.3. The van der Waals surface area contributed by atoms with E-state index in [4.69, 9.17) is 16.3 Å². The molecule has 0 aliphatic carbocycles. The van der Waals surface area contributed by atoms with E-state index in [1.807, 2.05) is 12.1 Å². The van der Waals surface area contributed by atoms with Crippen molar-refractivity contribution in [3.05, 3.63) is 64.2 Å². The Balaban J connectivity index is 1.82. The molecule has 1 heterocycles. The molecule has 0 unspecified atom stereocenters. The normalized spacial score (nSPS) is 15.2. The van der Waals surface area contributed by atoms with Crippen LogP contribution in [-0.2, 0) is 0 Å². The molecule has 3 rings (SSSR count). The van der Waals surface area contributed by atoms with E-state index in [0.29, 0.717) is 16.3 Å². The van der Waals surface area contributed by atoms with E-state index in [-0.39, 0.29) is 11.4 Å². The van der Waals surface area contributed by atoms with Gasteiger partial charge in [0.1, 0.15) is 5.75 Å². The standard InChI is InChI=1S/C22H24ClN3O2/c1-14-12-22(2,3)26(4)20-11-19(23)16(10-18(14)20)13-24-25-21(27)15-7-6-8-17(9-15)28-5/h6-13H,1-5H3,(H,25,27)/b24-13-. The third kappa shape index (κ3) is 3.90. The lowest BCUT2D eigenvalue weighted by atomic mass is 9.88. The minimum absolute atomic E-state index is 0.0826. The van der Waals surface area contributed by atoms with Crippen LogP contribution in [0.1, 0.15) is 42.3 Å². The second-order valence-corrected chi connectivity index (χ2v) is 7.77. The van der Waals surface area contributed by atoms with Gasteiger partial charge < -0.3 is 9.64 Å². The van der Waals surface area contributed by atoms with Crippen molar-refractivity contribution in [2.45, 2.75) is 26.3 Å². The second-order valence-electron chi connectivity index (χ2n) is 7.36. The molecule has 0 fully saturated rings. The van der Waals surface area contributed by atoms with Gasteiger partial charge in [-0.15, -0.1) is 0 Å². The summed E-state index contributed by atoms with van der Waals surface area (Å²) < 4.78 is 5.14. The Morgan fingerprint density at radius 2 is 2.04 bits per heavy atom. The van der Waals surface area contributed by atoms with Gasteiger partial charge in [-0.25, -0.2) is 5.43 Å². The summed E-state index contributed by atoms with van der Waals surface area (Å²) in [5.74, 6) is 0.297. The number of benzene rings is 2. The quantitative estimate of drug-likeness (QED) is 0.598. The fraction of sp³-hybridized carbons (Fsp3) is 0.273. The van der Waals surface area contributed by atoms with Crippen LogP contribution in [0.5, 0.6) is 5.75 Å². The van der Waals surface area contributed by atoms with Crippen LogP contribution in [0.25, 0.3) is 5.57 Å². The number of halogens is 1. The first-order chi connectivity index (χ1) is 13.2. The fourth-order valence-electron chi connectivity index (χ4n) is 3.28. The van der Waals surface area contributed by atoms with Crippen molar-refractivity contribution in [2.75, 3.05) is 19.1 Å². The number of ether oxygens (including phenoxy) is 1. The SMILES string of the molecule is COc1cccc(C(=O)N/N=C\c2cc3c(cc2Cl)N(C)C(C)(C)C=C3C)c1. The molecule has 0 saturated heterocycles. The molecule has 0 radical (unpaired) electrons. The number of nitrogens with one attached hydrogen (secondary N) is 1. The van der Waals surface area contributed by atoms with Crippen LogP contribution in [0, 0.1) is 0 Å². The molecular weight excluding hydrogens is 374 g/mol. The summed E-state index contributed by atoms with van der Waals surface area (Å²) in [6, 6.07) is 10.8. The van der Waals surface area contributed by atoms with E-state index < -0.39 is 0 Å². The van der Waals surface area contributed by atoms with E-state index in [1.165, 1.54) is 5.57 Å². The Morgan fingerprint density at radius 1 is 1.29 bits per heavy atom. The zero-order valence-electron chi connectivity index (χ0n) is 16.7. The number of nitrogens with zero attached hydrogens (tertiary/aromatic N) is 2. The van der Waals surface area contributed by atoms with Crippen LogP contribution in [0.15, 0.2) is 47.6 Å². The zero-order chi connectivity index (χ0) is 20.5. The predicted octanol–water partition coefficient (Wildman–Crippen LogP) is 4.74. The third-order valence-electron chi connectivity index (χ3n) is 5.04. The second kappa shape index (κ2) is 7.68. The van der Waals surface area contributed by atoms with E-state index in [2.05, 4.69) is 49.3 Å². The first-order valence-electron chi connectivity index (χ1n) is 8.97. The topological polar surface area (TPSA) is 53.9 Å². The van der Waals surface area contributed by atoms with Gasteiger partial charge in [0, 0.05) is 29.4 Å². The third-order valence-corrected chi connectivity index (χ3v) is 5.36. The molecule has 5 nitrogen and oxygen atoms in total. The minimum atomic E-state index is -0.318. The Kier molecular flexibility index (Phi) is 5.47. The summed E-state index contributed by atoms with van der Waals surface area (Å²) in [7, 11) is 3.61. The maximum Gasteiger partial charge on any atom is 0.271 e. The lowest BCUT2D eigenvalue weighted by molar-refractivity contribution is 0.0955. The van der Waals surface area contributed by atoms with Gasteiger partial charge in [-0.3, -0.25) is 4.79 Å². The van der Waals surface area contributed by atoms with Gasteiger partial charge in [-0.2, -0.15) is 5.10 Å². The van der Waals surface area contributed by atoms with Crippen LogP contribution in [-0.4, -0.2) is 31.8 Å². The van der Waals surface area contributed by atoms with E-state index in [0.717, 1.165) is 16.8 Å². The highest BCUT2D eigenvalue weighted by molar-refractivity contribution is 6.33. The average Bonchev–Trinajstić information content (AvgIpc) is 2.66. The van der Waals surface area contributed by atoms with Gasteiger partial charge >= 0.3 is 0 Å². The Labute approximate surface area is 170 Å². The number of likely N-dealkylation sites (N-methyl/N-ethyl adjacent to an activating group) is 1. The zero-order valence-corrected chi connectivity index (χ0v) is 17.5. The van der Waals surface area contributed by atoms with Gasteiger partial charge in [0.15, 0.2) is 0 Å². The van der Waals surface area contributed by atoms with Gasteiger partial charge in [-0.05, 0) is 56.7 Å². The van der Waals surface area contributed by atoms with Gasteiger partial charge in [0.05, 0.1) is 23.9 Å². The van der Waals surface area contributed by atoms with Crippen LogP contribution < -0.4 is 15.1 Å². The van der Waals surface area contributed by atoms with Crippen molar-refractivity contribution < 1.29 is 9.53 Å². The maximum absolute atomic E-state index is 12.3. The fourth-order valence-corrected chi connectivity index (χ4v) is 3.48. The monoisotopic (exact) mass is 397 g/mol. The Hall–Kier alpha value is -2.79. The van der Waals surface area contributed by atoms with Crippen LogP contribution >= 0.6 is 11.6 Å². The Morgan fingerprint density at radius 3 is 2.75 bits per heavy atom. The predicted molar refractivity (Wildman–Crippen MR) is 116 cm³/mol. The highest BCUT2D eigenvalue weighted by Crippen LogP contribution is 2.40. The molecule has 1 amide bonds. The summed E-state index contributed by atoms with van der Waals surface area (Å²) in [5, 5.41) is 4.65. The number of allylic oxidation sites excluding steroid dienone is 1. The lowest BCUT2D eigenvalue weighted by Gasteiger charge is -2.40. The number of methoxy groups -OCH3 is 1. The number of fused-ring (bicyclic) bond motifs is 1. The first kappa shape index (κ1) is 20.0. The molecule has 0 spiro atoms. The number of hydrogen-bond donors (Lipinski definition) is 1.